The van der Waals surface area contributed by atoms with Crippen molar-refractivity contribution in [3.63, 3.8) is 0 Å². The quantitative estimate of drug-likeness (QED) is 0.912. The molecule has 1 amide bonds. The molecular weight excluding hydrogens is 302 g/mol. The number of nitrogens with zero attached hydrogens (tertiary/aromatic N) is 4. The second-order valence-electron chi connectivity index (χ2n) is 6.75. The predicted octanol–water partition coefficient (Wildman–Crippen LogP) is 1.88. The van der Waals surface area contributed by atoms with Gasteiger partial charge in [0.25, 0.3) is 0 Å². The molecule has 1 saturated carbocycles. The Labute approximate surface area is 141 Å². The Balaban J connectivity index is 1.43. The molecule has 1 aliphatic carbocycles. The van der Waals surface area contributed by atoms with Crippen molar-refractivity contribution in [1.82, 2.24) is 24.8 Å². The summed E-state index contributed by atoms with van der Waals surface area (Å²) in [6, 6.07) is 4.39. The fraction of sp³-hybridized carbons (Fsp3) is 0.500. The van der Waals surface area contributed by atoms with Crippen LogP contribution >= 0.6 is 0 Å². The zero-order chi connectivity index (χ0) is 16.5. The molecule has 1 atom stereocenters. The highest BCUT2D eigenvalue weighted by Crippen LogP contribution is 2.29. The second kappa shape index (κ2) is 6.36. The number of imidazole rings is 1. The molecule has 0 bridgehead atoms. The Morgan fingerprint density at radius 2 is 2.08 bits per heavy atom. The molecule has 126 valence electrons. The van der Waals surface area contributed by atoms with Crippen molar-refractivity contribution in [1.29, 1.82) is 0 Å². The highest BCUT2D eigenvalue weighted by atomic mass is 16.2. The number of aromatic nitrogens is 3. The summed E-state index contributed by atoms with van der Waals surface area (Å²) >= 11 is 0. The third-order valence-corrected chi connectivity index (χ3v) is 5.03. The molecule has 2 aliphatic rings. The Kier molecular flexibility index (Phi) is 4.06. The lowest BCUT2D eigenvalue weighted by Crippen LogP contribution is -2.37. The summed E-state index contributed by atoms with van der Waals surface area (Å²) in [5.41, 5.74) is 2.38. The maximum Gasteiger partial charge on any atom is 0.223 e. The average Bonchev–Trinajstić information content (AvgIpc) is 3.37. The van der Waals surface area contributed by atoms with Gasteiger partial charge in [-0.15, -0.1) is 0 Å². The molecule has 2 aromatic rings. The van der Waals surface area contributed by atoms with Gasteiger partial charge >= 0.3 is 0 Å². The van der Waals surface area contributed by atoms with Gasteiger partial charge in [0, 0.05) is 37.9 Å². The van der Waals surface area contributed by atoms with Crippen molar-refractivity contribution in [2.45, 2.75) is 45.4 Å². The molecule has 6 nitrogen and oxygen atoms in total. The lowest BCUT2D eigenvalue weighted by molar-refractivity contribution is -0.122. The summed E-state index contributed by atoms with van der Waals surface area (Å²) in [6.07, 6.45) is 7.67. The van der Waals surface area contributed by atoms with Crippen LogP contribution in [0.2, 0.25) is 0 Å². The molecule has 24 heavy (non-hydrogen) atoms. The minimum Gasteiger partial charge on any atom is -0.350 e. The maximum atomic E-state index is 11.8. The molecule has 0 unspecified atom stereocenters. The summed E-state index contributed by atoms with van der Waals surface area (Å²) in [7, 11) is 0. The first kappa shape index (κ1) is 15.3. The van der Waals surface area contributed by atoms with E-state index in [9.17, 15) is 4.79 Å². The van der Waals surface area contributed by atoms with Crippen molar-refractivity contribution in [2.24, 2.45) is 5.92 Å². The first-order chi connectivity index (χ1) is 11.7. The molecular formula is C18H23N5O. The monoisotopic (exact) mass is 325 g/mol. The van der Waals surface area contributed by atoms with Crippen molar-refractivity contribution < 1.29 is 4.79 Å². The molecule has 0 saturated heterocycles. The first-order valence-electron chi connectivity index (χ1n) is 8.67. The molecule has 0 spiro atoms. The normalized spacial score (nSPS) is 20.6. The fourth-order valence-corrected chi connectivity index (χ4v) is 3.35. The lowest BCUT2D eigenvalue weighted by Gasteiger charge is -2.34. The van der Waals surface area contributed by atoms with E-state index in [4.69, 9.17) is 0 Å². The fourth-order valence-electron chi connectivity index (χ4n) is 3.35. The minimum absolute atomic E-state index is 0.189. The number of fused-ring (bicyclic) bond motifs is 1. The van der Waals surface area contributed by atoms with Gasteiger partial charge in [0.1, 0.15) is 5.82 Å². The zero-order valence-corrected chi connectivity index (χ0v) is 14.0. The number of nitrogens with one attached hydrogen (secondary N) is 1. The Morgan fingerprint density at radius 3 is 2.83 bits per heavy atom. The third-order valence-electron chi connectivity index (χ3n) is 5.03. The average molecular weight is 325 g/mol. The Morgan fingerprint density at radius 1 is 1.29 bits per heavy atom. The summed E-state index contributed by atoms with van der Waals surface area (Å²) < 4.78 is 2.26. The van der Waals surface area contributed by atoms with E-state index in [0.717, 1.165) is 44.0 Å². The highest BCUT2D eigenvalue weighted by molar-refractivity contribution is 5.80. The van der Waals surface area contributed by atoms with E-state index < -0.39 is 0 Å². The number of carbonyl (C=O) groups is 1. The molecule has 1 aliphatic heterocycles. The minimum atomic E-state index is 0.189. The number of carbonyl (C=O) groups excluding carboxylic acids is 1. The van der Waals surface area contributed by atoms with Crippen LogP contribution in [-0.2, 0) is 24.4 Å². The molecule has 4 rings (SSSR count). The molecule has 6 heteroatoms. The van der Waals surface area contributed by atoms with Gasteiger partial charge in [-0.25, -0.2) is 4.98 Å². The van der Waals surface area contributed by atoms with Crippen molar-refractivity contribution >= 4 is 5.91 Å². The van der Waals surface area contributed by atoms with Crippen molar-refractivity contribution in [3.8, 4) is 0 Å². The van der Waals surface area contributed by atoms with Gasteiger partial charge < -0.3 is 9.88 Å². The van der Waals surface area contributed by atoms with Gasteiger partial charge in [-0.05, 0) is 37.5 Å². The predicted molar refractivity (Wildman–Crippen MR) is 89.9 cm³/mol. The van der Waals surface area contributed by atoms with E-state index >= 15 is 0 Å². The van der Waals surface area contributed by atoms with Crippen LogP contribution in [0.5, 0.6) is 0 Å². The van der Waals surface area contributed by atoms with Gasteiger partial charge in [-0.1, -0.05) is 0 Å². The zero-order valence-electron chi connectivity index (χ0n) is 14.0. The first-order valence-corrected chi connectivity index (χ1v) is 8.67. The third kappa shape index (κ3) is 3.06. The topological polar surface area (TPSA) is 63.1 Å². The van der Waals surface area contributed by atoms with Gasteiger partial charge in [-0.2, -0.15) is 0 Å². The molecule has 2 aromatic heterocycles. The number of pyridine rings is 1. The molecule has 0 aromatic carbocycles. The van der Waals surface area contributed by atoms with Crippen LogP contribution in [0.4, 0.5) is 0 Å². The molecule has 1 N–H and O–H groups in total. The van der Waals surface area contributed by atoms with E-state index in [1.54, 1.807) is 0 Å². The second-order valence-corrected chi connectivity index (χ2v) is 6.75. The largest absolute Gasteiger partial charge is 0.350 e. The van der Waals surface area contributed by atoms with Crippen LogP contribution in [0.15, 0.2) is 30.7 Å². The lowest BCUT2D eigenvalue weighted by atomic mass is 10.1. The molecule has 0 radical (unpaired) electrons. The molecule has 3 heterocycles. The van der Waals surface area contributed by atoms with E-state index in [1.165, 1.54) is 5.56 Å². The van der Waals surface area contributed by atoms with Crippen LogP contribution < -0.4 is 5.32 Å². The van der Waals surface area contributed by atoms with E-state index in [1.807, 2.05) is 18.6 Å². The van der Waals surface area contributed by atoms with Gasteiger partial charge in [-0.3, -0.25) is 14.7 Å². The van der Waals surface area contributed by atoms with E-state index in [2.05, 4.69) is 43.8 Å². The number of rotatable bonds is 5. The van der Waals surface area contributed by atoms with Crippen LogP contribution in [0.25, 0.3) is 0 Å². The summed E-state index contributed by atoms with van der Waals surface area (Å²) in [5, 5.41) is 3.04. The van der Waals surface area contributed by atoms with E-state index in [0.29, 0.717) is 6.54 Å². The summed E-state index contributed by atoms with van der Waals surface area (Å²) in [4.78, 5) is 23.0. The van der Waals surface area contributed by atoms with Crippen molar-refractivity contribution in [3.05, 3.63) is 47.8 Å². The summed E-state index contributed by atoms with van der Waals surface area (Å²) in [5.74, 6) is 1.53. The van der Waals surface area contributed by atoms with Crippen LogP contribution in [0.1, 0.15) is 42.9 Å². The van der Waals surface area contributed by atoms with Gasteiger partial charge in [0.2, 0.25) is 5.91 Å². The van der Waals surface area contributed by atoms with Crippen molar-refractivity contribution in [2.75, 3.05) is 6.54 Å². The van der Waals surface area contributed by atoms with Crippen LogP contribution in [0, 0.1) is 5.92 Å². The highest BCUT2D eigenvalue weighted by Gasteiger charge is 2.30. The van der Waals surface area contributed by atoms with E-state index in [-0.39, 0.29) is 17.9 Å². The molecule has 1 fully saturated rings. The van der Waals surface area contributed by atoms with Crippen LogP contribution in [-0.4, -0.2) is 31.9 Å². The smallest absolute Gasteiger partial charge is 0.223 e. The SMILES string of the molecule is C[C@H]1c2ncc(CNC(=O)C3CC3)n2CCN1Cc1ccncc1. The number of hydrogen-bond donors (Lipinski definition) is 1. The summed E-state index contributed by atoms with van der Waals surface area (Å²) in [6.45, 7) is 5.59. The standard InChI is InChI=1S/C18H23N5O/c1-13-17-20-10-16(11-21-18(24)15-2-3-15)23(17)9-8-22(13)12-14-4-6-19-7-5-14/h4-7,10,13,15H,2-3,8-9,11-12H2,1H3,(H,21,24)/t13-/m0/s1. The van der Waals surface area contributed by atoms with Gasteiger partial charge in [0.15, 0.2) is 0 Å². The Bertz CT molecular complexity index is 722. The number of hydrogen-bond acceptors (Lipinski definition) is 4. The van der Waals surface area contributed by atoms with Crippen LogP contribution in [0.3, 0.4) is 0 Å². The Hall–Kier alpha value is -2.21. The maximum absolute atomic E-state index is 11.8. The number of amides is 1. The van der Waals surface area contributed by atoms with Gasteiger partial charge in [0.05, 0.1) is 24.5 Å².